The van der Waals surface area contributed by atoms with E-state index in [1.165, 1.54) is 35.5 Å². The van der Waals surface area contributed by atoms with Crippen molar-refractivity contribution < 1.29 is 4.79 Å². The third kappa shape index (κ3) is 2.46. The van der Waals surface area contributed by atoms with E-state index in [9.17, 15) is 4.79 Å². The summed E-state index contributed by atoms with van der Waals surface area (Å²) in [6, 6.07) is 9.08. The molecular formula is C19H21N3OS. The number of rotatable bonds is 3. The van der Waals surface area contributed by atoms with Crippen LogP contribution in [-0.2, 0) is 12.8 Å². The van der Waals surface area contributed by atoms with E-state index in [1.807, 2.05) is 0 Å². The number of nitrogens with zero attached hydrogens (tertiary/aromatic N) is 2. The lowest BCUT2D eigenvalue weighted by molar-refractivity contribution is 0.0919. The van der Waals surface area contributed by atoms with Gasteiger partial charge in [0.1, 0.15) is 4.88 Å². The molecule has 3 aliphatic rings. The summed E-state index contributed by atoms with van der Waals surface area (Å²) in [4.78, 5) is 13.6. The van der Waals surface area contributed by atoms with E-state index in [-0.39, 0.29) is 5.91 Å². The fourth-order valence-corrected chi connectivity index (χ4v) is 5.24. The quantitative estimate of drug-likeness (QED) is 0.933. The normalized spacial score (nSPS) is 28.2. The van der Waals surface area contributed by atoms with E-state index >= 15 is 0 Å². The van der Waals surface area contributed by atoms with Crippen molar-refractivity contribution in [1.82, 2.24) is 14.9 Å². The van der Waals surface area contributed by atoms with Gasteiger partial charge in [0, 0.05) is 12.0 Å². The number of nitrogens with one attached hydrogen (secondary N) is 1. The number of hydrogen-bond acceptors (Lipinski definition) is 4. The van der Waals surface area contributed by atoms with Crippen molar-refractivity contribution in [3.05, 3.63) is 46.0 Å². The molecule has 4 nitrogen and oxygen atoms in total. The maximum Gasteiger partial charge on any atom is 0.265 e. The highest BCUT2D eigenvalue weighted by Gasteiger charge is 2.41. The Morgan fingerprint density at radius 2 is 1.71 bits per heavy atom. The summed E-state index contributed by atoms with van der Waals surface area (Å²) in [5, 5.41) is 7.58. The Kier molecular flexibility index (Phi) is 3.44. The zero-order chi connectivity index (χ0) is 16.1. The molecule has 0 spiro atoms. The lowest BCUT2D eigenvalue weighted by Gasteiger charge is -2.23. The van der Waals surface area contributed by atoms with Crippen LogP contribution in [0.2, 0.25) is 0 Å². The predicted octanol–water partition coefficient (Wildman–Crippen LogP) is 3.34. The van der Waals surface area contributed by atoms with Crippen LogP contribution < -0.4 is 5.32 Å². The first kappa shape index (κ1) is 14.6. The molecule has 2 saturated carbocycles. The SMILES string of the molecule is O=C(NC1C2CCC1Cc1ccccc1C2)c1snnc1C1CC1. The van der Waals surface area contributed by atoms with Gasteiger partial charge in [-0.15, -0.1) is 5.10 Å². The second-order valence-corrected chi connectivity index (χ2v) is 8.29. The van der Waals surface area contributed by atoms with Crippen molar-refractivity contribution in [3.63, 3.8) is 0 Å². The molecule has 1 aromatic carbocycles. The van der Waals surface area contributed by atoms with Gasteiger partial charge in [0.05, 0.1) is 5.69 Å². The number of fused-ring (bicyclic) bond motifs is 3. The van der Waals surface area contributed by atoms with Crippen LogP contribution in [0, 0.1) is 11.8 Å². The van der Waals surface area contributed by atoms with Gasteiger partial charge in [-0.05, 0) is 73.0 Å². The second-order valence-electron chi connectivity index (χ2n) is 7.54. The average Bonchev–Trinajstić information content (AvgIpc) is 3.22. The number of amides is 1. The fourth-order valence-electron chi connectivity index (χ4n) is 4.58. The molecule has 5 rings (SSSR count). The maximum absolute atomic E-state index is 12.9. The molecule has 0 saturated heterocycles. The minimum atomic E-state index is 0.0553. The van der Waals surface area contributed by atoms with E-state index in [2.05, 4.69) is 39.2 Å². The zero-order valence-corrected chi connectivity index (χ0v) is 14.4. The van der Waals surface area contributed by atoms with Gasteiger partial charge in [-0.25, -0.2) is 0 Å². The number of hydrogen-bond donors (Lipinski definition) is 1. The summed E-state index contributed by atoms with van der Waals surface area (Å²) < 4.78 is 4.03. The Morgan fingerprint density at radius 3 is 2.33 bits per heavy atom. The van der Waals surface area contributed by atoms with E-state index in [0.29, 0.717) is 23.8 Å². The summed E-state index contributed by atoms with van der Waals surface area (Å²) >= 11 is 1.26. The van der Waals surface area contributed by atoms with Crippen molar-refractivity contribution in [1.29, 1.82) is 0 Å². The lowest BCUT2D eigenvalue weighted by Crippen LogP contribution is -2.41. The highest BCUT2D eigenvalue weighted by atomic mass is 32.1. The van der Waals surface area contributed by atoms with Crippen LogP contribution in [0.15, 0.2) is 24.3 Å². The minimum absolute atomic E-state index is 0.0553. The van der Waals surface area contributed by atoms with Gasteiger partial charge < -0.3 is 5.32 Å². The first-order valence-corrected chi connectivity index (χ1v) is 9.77. The van der Waals surface area contributed by atoms with Gasteiger partial charge in [0.25, 0.3) is 5.91 Å². The topological polar surface area (TPSA) is 54.9 Å². The van der Waals surface area contributed by atoms with Gasteiger partial charge in [0.15, 0.2) is 0 Å². The first-order chi connectivity index (χ1) is 11.8. The molecule has 5 heteroatoms. The lowest BCUT2D eigenvalue weighted by atomic mass is 9.94. The molecule has 1 heterocycles. The van der Waals surface area contributed by atoms with Crippen molar-refractivity contribution in [2.45, 2.75) is 50.5 Å². The maximum atomic E-state index is 12.9. The summed E-state index contributed by atoms with van der Waals surface area (Å²) in [5.74, 6) is 1.65. The molecule has 2 aromatic rings. The summed E-state index contributed by atoms with van der Waals surface area (Å²) in [5.41, 5.74) is 3.88. The standard InChI is InChI=1S/C19H21N3OS/c23-19(18-17(11-5-6-11)21-22-24-18)20-16-14-7-8-15(16)10-13-4-2-1-3-12(13)9-14/h1-4,11,14-16H,5-10H2,(H,20,23). The number of carbonyl (C=O) groups is 1. The molecule has 2 fully saturated rings. The van der Waals surface area contributed by atoms with Crippen LogP contribution in [-0.4, -0.2) is 21.5 Å². The molecule has 0 aliphatic heterocycles. The monoisotopic (exact) mass is 339 g/mol. The van der Waals surface area contributed by atoms with Crippen molar-refractivity contribution in [2.75, 3.05) is 0 Å². The van der Waals surface area contributed by atoms with Crippen molar-refractivity contribution in [3.8, 4) is 0 Å². The molecule has 1 N–H and O–H groups in total. The number of carbonyl (C=O) groups excluding carboxylic acids is 1. The molecule has 24 heavy (non-hydrogen) atoms. The van der Waals surface area contributed by atoms with Crippen LogP contribution in [0.25, 0.3) is 0 Å². The van der Waals surface area contributed by atoms with Gasteiger partial charge in [0.2, 0.25) is 0 Å². The van der Waals surface area contributed by atoms with E-state index in [4.69, 9.17) is 0 Å². The fraction of sp³-hybridized carbons (Fsp3) is 0.526. The molecule has 3 aliphatic carbocycles. The highest BCUT2D eigenvalue weighted by molar-refractivity contribution is 7.08. The molecule has 124 valence electrons. The predicted molar refractivity (Wildman–Crippen MR) is 93.2 cm³/mol. The van der Waals surface area contributed by atoms with Crippen LogP contribution >= 0.6 is 11.5 Å². The average molecular weight is 339 g/mol. The van der Waals surface area contributed by atoms with Crippen molar-refractivity contribution in [2.24, 2.45) is 11.8 Å². The molecule has 2 atom stereocenters. The van der Waals surface area contributed by atoms with Crippen LogP contribution in [0.4, 0.5) is 0 Å². The van der Waals surface area contributed by atoms with Gasteiger partial charge in [-0.3, -0.25) is 4.79 Å². The summed E-state index contributed by atoms with van der Waals surface area (Å²) in [6.07, 6.45) is 6.92. The Labute approximate surface area is 145 Å². The van der Waals surface area contributed by atoms with Gasteiger partial charge >= 0.3 is 0 Å². The van der Waals surface area contributed by atoms with Gasteiger partial charge in [-0.2, -0.15) is 0 Å². The third-order valence-electron chi connectivity index (χ3n) is 5.99. The Hall–Kier alpha value is -1.75. The smallest absolute Gasteiger partial charge is 0.265 e. The third-order valence-corrected chi connectivity index (χ3v) is 6.73. The van der Waals surface area contributed by atoms with E-state index < -0.39 is 0 Å². The van der Waals surface area contributed by atoms with E-state index in [1.54, 1.807) is 0 Å². The van der Waals surface area contributed by atoms with E-state index in [0.717, 1.165) is 36.3 Å². The molecule has 1 aromatic heterocycles. The Morgan fingerprint density at radius 1 is 1.04 bits per heavy atom. The highest BCUT2D eigenvalue weighted by Crippen LogP contribution is 2.42. The Bertz CT molecular complexity index is 749. The molecule has 2 unspecified atom stereocenters. The van der Waals surface area contributed by atoms with Crippen LogP contribution in [0.1, 0.15) is 58.1 Å². The van der Waals surface area contributed by atoms with Gasteiger partial charge in [-0.1, -0.05) is 28.8 Å². The Balaban J connectivity index is 1.38. The summed E-state index contributed by atoms with van der Waals surface area (Å²) in [7, 11) is 0. The number of aromatic nitrogens is 2. The molecule has 2 bridgehead atoms. The molecule has 1 amide bonds. The van der Waals surface area contributed by atoms with Crippen LogP contribution in [0.5, 0.6) is 0 Å². The second kappa shape index (κ2) is 5.66. The first-order valence-electron chi connectivity index (χ1n) is 8.99. The largest absolute Gasteiger partial charge is 0.348 e. The molecular weight excluding hydrogens is 318 g/mol. The van der Waals surface area contributed by atoms with Crippen molar-refractivity contribution >= 4 is 17.4 Å². The van der Waals surface area contributed by atoms with Crippen LogP contribution in [0.3, 0.4) is 0 Å². The zero-order valence-electron chi connectivity index (χ0n) is 13.6. The molecule has 0 radical (unpaired) electrons. The minimum Gasteiger partial charge on any atom is -0.348 e. The number of benzene rings is 1. The summed E-state index contributed by atoms with van der Waals surface area (Å²) in [6.45, 7) is 0.